The summed E-state index contributed by atoms with van der Waals surface area (Å²) in [6.07, 6.45) is 0. The lowest BCUT2D eigenvalue weighted by molar-refractivity contribution is 1.08. The van der Waals surface area contributed by atoms with Gasteiger partial charge >= 0.3 is 0 Å². The summed E-state index contributed by atoms with van der Waals surface area (Å²) < 4.78 is 2.43. The molecule has 0 amide bonds. The molecular formula is C53H33N3S. The van der Waals surface area contributed by atoms with Gasteiger partial charge in [0.1, 0.15) is 0 Å². The molecule has 3 nitrogen and oxygen atoms in total. The normalized spacial score (nSPS) is 11.5. The summed E-state index contributed by atoms with van der Waals surface area (Å²) in [4.78, 5) is 15.5. The number of fused-ring (bicyclic) bond motifs is 5. The highest BCUT2D eigenvalue weighted by Gasteiger charge is 2.21. The summed E-state index contributed by atoms with van der Waals surface area (Å²) >= 11 is 1.79. The first kappa shape index (κ1) is 33.1. The van der Waals surface area contributed by atoms with Crippen LogP contribution in [0.2, 0.25) is 0 Å². The Morgan fingerprint density at radius 3 is 1.44 bits per heavy atom. The van der Waals surface area contributed by atoms with Gasteiger partial charge in [0.25, 0.3) is 0 Å². The van der Waals surface area contributed by atoms with Crippen molar-refractivity contribution in [2.24, 2.45) is 0 Å². The third-order valence-electron chi connectivity index (χ3n) is 10.9. The smallest absolute Gasteiger partial charge is 0.165 e. The summed E-state index contributed by atoms with van der Waals surface area (Å²) in [6.45, 7) is 0. The van der Waals surface area contributed by atoms with Gasteiger partial charge in [0.05, 0.1) is 0 Å². The average molecular weight is 744 g/mol. The summed E-state index contributed by atoms with van der Waals surface area (Å²) in [6, 6.07) is 71.1. The summed E-state index contributed by atoms with van der Waals surface area (Å²) in [5.41, 5.74) is 10.1. The number of rotatable bonds is 6. The van der Waals surface area contributed by atoms with E-state index < -0.39 is 0 Å². The average Bonchev–Trinajstić information content (AvgIpc) is 3.68. The SMILES string of the molecule is c1ccc(-c2nc(-c3cccc(-c4c5ccccc5c(-c5ccccc5-c5ccccc5)c5ccccc45)c3)nc(-c3cccc4c3sc3ccccc34)n2)cc1. The molecule has 0 spiro atoms. The van der Waals surface area contributed by atoms with Crippen molar-refractivity contribution in [1.29, 1.82) is 0 Å². The van der Waals surface area contributed by atoms with Crippen LogP contribution in [0.1, 0.15) is 0 Å². The Balaban J connectivity index is 1.13. The van der Waals surface area contributed by atoms with Crippen molar-refractivity contribution in [3.8, 4) is 67.5 Å². The fraction of sp³-hybridized carbons (Fsp3) is 0. The predicted octanol–water partition coefficient (Wildman–Crippen LogP) is 14.5. The highest BCUT2D eigenvalue weighted by atomic mass is 32.1. The highest BCUT2D eigenvalue weighted by molar-refractivity contribution is 7.26. The van der Waals surface area contributed by atoms with Crippen LogP contribution in [-0.4, -0.2) is 15.0 Å². The summed E-state index contributed by atoms with van der Waals surface area (Å²) in [7, 11) is 0. The second-order valence-electron chi connectivity index (χ2n) is 14.3. The van der Waals surface area contributed by atoms with Gasteiger partial charge in [-0.15, -0.1) is 11.3 Å². The van der Waals surface area contributed by atoms with E-state index in [-0.39, 0.29) is 0 Å². The first-order valence-corrected chi connectivity index (χ1v) is 20.0. The van der Waals surface area contributed by atoms with Gasteiger partial charge in [-0.05, 0) is 73.1 Å². The molecule has 2 heterocycles. The first-order chi connectivity index (χ1) is 28.3. The van der Waals surface area contributed by atoms with Crippen LogP contribution in [0.5, 0.6) is 0 Å². The van der Waals surface area contributed by atoms with Crippen LogP contribution >= 0.6 is 11.3 Å². The van der Waals surface area contributed by atoms with E-state index in [1.165, 1.54) is 69.5 Å². The zero-order valence-corrected chi connectivity index (χ0v) is 31.6. The van der Waals surface area contributed by atoms with Crippen LogP contribution in [-0.2, 0) is 0 Å². The van der Waals surface area contributed by atoms with E-state index in [0.717, 1.165) is 22.3 Å². The van der Waals surface area contributed by atoms with E-state index in [9.17, 15) is 0 Å². The van der Waals surface area contributed by atoms with Crippen LogP contribution in [0.3, 0.4) is 0 Å². The molecule has 9 aromatic carbocycles. The maximum Gasteiger partial charge on any atom is 0.165 e. The number of benzene rings is 9. The zero-order valence-electron chi connectivity index (χ0n) is 30.8. The lowest BCUT2D eigenvalue weighted by Gasteiger charge is -2.20. The number of thiophene rings is 1. The molecule has 0 saturated carbocycles. The van der Waals surface area contributed by atoms with E-state index in [1.807, 2.05) is 18.2 Å². The van der Waals surface area contributed by atoms with Gasteiger partial charge in [-0.3, -0.25) is 0 Å². The molecule has 0 aliphatic carbocycles. The topological polar surface area (TPSA) is 38.7 Å². The fourth-order valence-corrected chi connectivity index (χ4v) is 9.59. The van der Waals surface area contributed by atoms with Crippen molar-refractivity contribution in [1.82, 2.24) is 15.0 Å². The Morgan fingerprint density at radius 1 is 0.281 bits per heavy atom. The molecule has 0 aliphatic heterocycles. The molecule has 4 heteroatoms. The Hall–Kier alpha value is -7.27. The maximum absolute atomic E-state index is 5.26. The molecule has 0 saturated heterocycles. The Morgan fingerprint density at radius 2 is 0.737 bits per heavy atom. The highest BCUT2D eigenvalue weighted by Crippen LogP contribution is 2.46. The predicted molar refractivity (Wildman–Crippen MR) is 240 cm³/mol. The van der Waals surface area contributed by atoms with Crippen LogP contribution in [0.25, 0.3) is 109 Å². The van der Waals surface area contributed by atoms with Gasteiger partial charge in [0.2, 0.25) is 0 Å². The van der Waals surface area contributed by atoms with Gasteiger partial charge in [-0.1, -0.05) is 182 Å². The Bertz CT molecular complexity index is 3240. The van der Waals surface area contributed by atoms with Crippen molar-refractivity contribution < 1.29 is 0 Å². The number of hydrogen-bond acceptors (Lipinski definition) is 4. The molecule has 0 N–H and O–H groups in total. The lowest BCUT2D eigenvalue weighted by atomic mass is 9.83. The van der Waals surface area contributed by atoms with Crippen molar-refractivity contribution >= 4 is 53.1 Å². The molecule has 0 radical (unpaired) electrons. The molecular weight excluding hydrogens is 711 g/mol. The molecule has 266 valence electrons. The van der Waals surface area contributed by atoms with Crippen LogP contribution in [0, 0.1) is 0 Å². The first-order valence-electron chi connectivity index (χ1n) is 19.2. The Labute approximate surface area is 334 Å². The van der Waals surface area contributed by atoms with E-state index in [0.29, 0.717) is 17.5 Å². The minimum absolute atomic E-state index is 0.640. The van der Waals surface area contributed by atoms with Crippen LogP contribution in [0.15, 0.2) is 200 Å². The van der Waals surface area contributed by atoms with Crippen molar-refractivity contribution in [3.05, 3.63) is 200 Å². The number of aromatic nitrogens is 3. The van der Waals surface area contributed by atoms with Crippen molar-refractivity contribution in [2.45, 2.75) is 0 Å². The summed E-state index contributed by atoms with van der Waals surface area (Å²) in [5.74, 6) is 1.95. The second kappa shape index (κ2) is 13.8. The standard InChI is InChI=1S/C53H33N3S/c1-3-17-34(18-4-1)38-23-7-8-25-40(38)49-43-28-11-9-26-41(43)48(42-27-10-12-29-44(42)49)36-21-15-22-37(33-36)52-54-51(35-19-5-2-6-20-35)55-53(56-52)46-31-16-30-45-39-24-13-14-32-47(39)57-50(45)46/h1-33H. The van der Waals surface area contributed by atoms with E-state index >= 15 is 0 Å². The molecule has 0 fully saturated rings. The zero-order chi connectivity index (χ0) is 37.7. The monoisotopic (exact) mass is 743 g/mol. The van der Waals surface area contributed by atoms with Gasteiger partial charge in [-0.2, -0.15) is 0 Å². The number of hydrogen-bond donors (Lipinski definition) is 0. The molecule has 0 aliphatic rings. The summed E-state index contributed by atoms with van der Waals surface area (Å²) in [5, 5.41) is 7.29. The van der Waals surface area contributed by atoms with Gasteiger partial charge in [0.15, 0.2) is 17.5 Å². The van der Waals surface area contributed by atoms with Gasteiger partial charge in [0, 0.05) is 36.9 Å². The molecule has 11 rings (SSSR count). The molecule has 0 atom stereocenters. The van der Waals surface area contributed by atoms with Crippen molar-refractivity contribution in [2.75, 3.05) is 0 Å². The Kier molecular flexibility index (Phi) is 8.01. The van der Waals surface area contributed by atoms with Gasteiger partial charge in [-0.25, -0.2) is 15.0 Å². The van der Waals surface area contributed by atoms with Crippen LogP contribution in [0.4, 0.5) is 0 Å². The third-order valence-corrected chi connectivity index (χ3v) is 12.2. The third kappa shape index (κ3) is 5.69. The van der Waals surface area contributed by atoms with E-state index in [4.69, 9.17) is 15.0 Å². The molecule has 57 heavy (non-hydrogen) atoms. The molecule has 0 bridgehead atoms. The van der Waals surface area contributed by atoms with Crippen molar-refractivity contribution in [3.63, 3.8) is 0 Å². The lowest BCUT2D eigenvalue weighted by Crippen LogP contribution is -2.00. The quantitative estimate of drug-likeness (QED) is 0.159. The van der Waals surface area contributed by atoms with E-state index in [1.54, 1.807) is 11.3 Å². The number of nitrogens with zero attached hydrogens (tertiary/aromatic N) is 3. The molecule has 0 unspecified atom stereocenters. The fourth-order valence-electron chi connectivity index (χ4n) is 8.38. The van der Waals surface area contributed by atoms with Gasteiger partial charge < -0.3 is 0 Å². The minimum atomic E-state index is 0.640. The second-order valence-corrected chi connectivity index (χ2v) is 15.3. The molecule has 11 aromatic rings. The minimum Gasteiger partial charge on any atom is -0.208 e. The van der Waals surface area contributed by atoms with E-state index in [2.05, 4.69) is 182 Å². The maximum atomic E-state index is 5.26. The molecule has 2 aromatic heterocycles. The largest absolute Gasteiger partial charge is 0.208 e. The van der Waals surface area contributed by atoms with Crippen LogP contribution < -0.4 is 0 Å².